The van der Waals surface area contributed by atoms with E-state index in [1.165, 1.54) is 193 Å². The number of ether oxygens (including phenoxy) is 3. The molecule has 0 N–H and O–H groups in total. The first-order valence-electron chi connectivity index (χ1n) is 27.2. The molecule has 0 fully saturated rings. The predicted molar refractivity (Wildman–Crippen MR) is 261 cm³/mol. The topological polar surface area (TPSA) is 78.9 Å². The standard InChI is InChI=1S/C55H106O6/c1-6-7-8-9-10-11-12-13-14-17-20-23-26-29-35-40-45-53(56)59-48-52(61-55(58)47-42-37-32-31-34-39-44-51(4)5)49-60-54(57)46-41-36-30-27-24-21-18-15-16-19-22-25-28-33-38-43-50(2)3/h50-52H,6-49H2,1-5H3/t52-/m1/s1. The molecule has 0 unspecified atom stereocenters. The van der Waals surface area contributed by atoms with Gasteiger partial charge >= 0.3 is 17.9 Å². The summed E-state index contributed by atoms with van der Waals surface area (Å²) < 4.78 is 16.8. The number of hydrogen-bond donors (Lipinski definition) is 0. The fraction of sp³-hybridized carbons (Fsp3) is 0.945. The van der Waals surface area contributed by atoms with Gasteiger partial charge in [0.1, 0.15) is 13.2 Å². The lowest BCUT2D eigenvalue weighted by Crippen LogP contribution is -2.30. The van der Waals surface area contributed by atoms with E-state index in [2.05, 4.69) is 34.6 Å². The molecule has 0 aromatic carbocycles. The predicted octanol–water partition coefficient (Wildman–Crippen LogP) is 17.7. The van der Waals surface area contributed by atoms with Gasteiger partial charge < -0.3 is 14.2 Å². The van der Waals surface area contributed by atoms with Crippen molar-refractivity contribution in [1.29, 1.82) is 0 Å². The Morgan fingerprint density at radius 1 is 0.311 bits per heavy atom. The van der Waals surface area contributed by atoms with Crippen LogP contribution in [0.3, 0.4) is 0 Å². The third kappa shape index (κ3) is 49.3. The minimum absolute atomic E-state index is 0.0644. The molecule has 0 aromatic heterocycles. The quantitative estimate of drug-likeness (QED) is 0.0344. The number of rotatable bonds is 49. The van der Waals surface area contributed by atoms with Crippen molar-refractivity contribution in [2.24, 2.45) is 11.8 Å². The van der Waals surface area contributed by atoms with E-state index in [4.69, 9.17) is 14.2 Å². The fourth-order valence-electron chi connectivity index (χ4n) is 8.34. The van der Waals surface area contributed by atoms with Crippen molar-refractivity contribution in [2.75, 3.05) is 13.2 Å². The molecule has 0 radical (unpaired) electrons. The van der Waals surface area contributed by atoms with Crippen molar-refractivity contribution in [1.82, 2.24) is 0 Å². The van der Waals surface area contributed by atoms with E-state index >= 15 is 0 Å². The SMILES string of the molecule is CCCCCCCCCCCCCCCCCCC(=O)OC[C@H](COC(=O)CCCCCCCCCCCCCCCCCC(C)C)OC(=O)CCCCCCCCC(C)C. The van der Waals surface area contributed by atoms with Crippen molar-refractivity contribution in [3.63, 3.8) is 0 Å². The summed E-state index contributed by atoms with van der Waals surface area (Å²) in [6.45, 7) is 11.3. The van der Waals surface area contributed by atoms with E-state index in [0.717, 1.165) is 69.6 Å². The van der Waals surface area contributed by atoms with Gasteiger partial charge in [-0.3, -0.25) is 14.4 Å². The van der Waals surface area contributed by atoms with E-state index in [0.29, 0.717) is 19.3 Å². The molecule has 0 aromatic rings. The van der Waals surface area contributed by atoms with Crippen LogP contribution in [0.5, 0.6) is 0 Å². The third-order valence-electron chi connectivity index (χ3n) is 12.5. The molecule has 61 heavy (non-hydrogen) atoms. The molecule has 1 atom stereocenters. The van der Waals surface area contributed by atoms with Crippen LogP contribution in [0, 0.1) is 11.8 Å². The summed E-state index contributed by atoms with van der Waals surface area (Å²) in [6, 6.07) is 0. The highest BCUT2D eigenvalue weighted by molar-refractivity contribution is 5.71. The van der Waals surface area contributed by atoms with Gasteiger partial charge in [-0.25, -0.2) is 0 Å². The largest absolute Gasteiger partial charge is 0.462 e. The first-order valence-corrected chi connectivity index (χ1v) is 27.2. The van der Waals surface area contributed by atoms with Gasteiger partial charge in [-0.1, -0.05) is 266 Å². The summed E-state index contributed by atoms with van der Waals surface area (Å²) in [7, 11) is 0. The number of carbonyl (C=O) groups is 3. The zero-order chi connectivity index (χ0) is 44.7. The third-order valence-corrected chi connectivity index (χ3v) is 12.5. The van der Waals surface area contributed by atoms with Gasteiger partial charge in [-0.15, -0.1) is 0 Å². The van der Waals surface area contributed by atoms with Crippen LogP contribution in [0.25, 0.3) is 0 Å². The molecule has 0 amide bonds. The van der Waals surface area contributed by atoms with E-state index in [1.807, 2.05) is 0 Å². The van der Waals surface area contributed by atoms with Crippen molar-refractivity contribution in [2.45, 2.75) is 310 Å². The molecule has 0 heterocycles. The van der Waals surface area contributed by atoms with Crippen molar-refractivity contribution in [3.8, 4) is 0 Å². The van der Waals surface area contributed by atoms with Crippen molar-refractivity contribution in [3.05, 3.63) is 0 Å². The lowest BCUT2D eigenvalue weighted by Gasteiger charge is -2.18. The molecular formula is C55H106O6. The molecule has 362 valence electrons. The maximum Gasteiger partial charge on any atom is 0.306 e. The number of esters is 3. The van der Waals surface area contributed by atoms with E-state index in [9.17, 15) is 14.4 Å². The van der Waals surface area contributed by atoms with Gasteiger partial charge in [-0.05, 0) is 31.1 Å². The second-order valence-electron chi connectivity index (χ2n) is 19.8. The highest BCUT2D eigenvalue weighted by Gasteiger charge is 2.19. The smallest absolute Gasteiger partial charge is 0.306 e. The average Bonchev–Trinajstić information content (AvgIpc) is 3.23. The number of hydrogen-bond acceptors (Lipinski definition) is 6. The second kappa shape index (κ2) is 47.9. The molecule has 0 rings (SSSR count). The first-order chi connectivity index (χ1) is 29.7. The zero-order valence-corrected chi connectivity index (χ0v) is 41.8. The Hall–Kier alpha value is -1.59. The van der Waals surface area contributed by atoms with Gasteiger partial charge in [0.2, 0.25) is 0 Å². The minimum Gasteiger partial charge on any atom is -0.462 e. The molecule has 0 aliphatic rings. The monoisotopic (exact) mass is 863 g/mol. The summed E-state index contributed by atoms with van der Waals surface area (Å²) in [5.41, 5.74) is 0. The average molecular weight is 863 g/mol. The number of carbonyl (C=O) groups excluding carboxylic acids is 3. The molecule has 0 saturated heterocycles. The van der Waals surface area contributed by atoms with Crippen molar-refractivity contribution >= 4 is 17.9 Å². The summed E-state index contributed by atoms with van der Waals surface area (Å²) in [5.74, 6) is 0.758. The summed E-state index contributed by atoms with van der Waals surface area (Å²) in [5, 5.41) is 0. The highest BCUT2D eigenvalue weighted by Crippen LogP contribution is 2.18. The second-order valence-corrected chi connectivity index (χ2v) is 19.8. The minimum atomic E-state index is -0.762. The van der Waals surface area contributed by atoms with Crippen LogP contribution < -0.4 is 0 Å². The van der Waals surface area contributed by atoms with Gasteiger partial charge in [0.25, 0.3) is 0 Å². The van der Waals surface area contributed by atoms with E-state index in [-0.39, 0.29) is 31.1 Å². The molecule has 0 aliphatic heterocycles. The van der Waals surface area contributed by atoms with Crippen molar-refractivity contribution < 1.29 is 28.6 Å². The maximum atomic E-state index is 12.7. The maximum absolute atomic E-state index is 12.7. The van der Waals surface area contributed by atoms with E-state index < -0.39 is 6.10 Å². The van der Waals surface area contributed by atoms with Crippen LogP contribution in [0.1, 0.15) is 304 Å². The fourth-order valence-corrected chi connectivity index (χ4v) is 8.34. The number of unbranched alkanes of at least 4 members (excludes halogenated alkanes) is 34. The molecule has 0 aliphatic carbocycles. The summed E-state index contributed by atoms with van der Waals surface area (Å²) in [4.78, 5) is 37.9. The van der Waals surface area contributed by atoms with Gasteiger partial charge in [-0.2, -0.15) is 0 Å². The lowest BCUT2D eigenvalue weighted by molar-refractivity contribution is -0.167. The molecular weight excluding hydrogens is 757 g/mol. The highest BCUT2D eigenvalue weighted by atomic mass is 16.6. The Kier molecular flexibility index (Phi) is 46.6. The Bertz CT molecular complexity index is 931. The van der Waals surface area contributed by atoms with Crippen LogP contribution in [0.4, 0.5) is 0 Å². The van der Waals surface area contributed by atoms with Gasteiger partial charge in [0.15, 0.2) is 6.10 Å². The normalized spacial score (nSPS) is 12.0. The zero-order valence-electron chi connectivity index (χ0n) is 41.8. The molecule has 0 spiro atoms. The Labute approximate surface area is 380 Å². The lowest BCUT2D eigenvalue weighted by atomic mass is 10.0. The summed E-state index contributed by atoms with van der Waals surface area (Å²) in [6.07, 6.45) is 49.7. The van der Waals surface area contributed by atoms with Crippen LogP contribution in [0.15, 0.2) is 0 Å². The molecule has 0 saturated carbocycles. The summed E-state index contributed by atoms with van der Waals surface area (Å²) >= 11 is 0. The van der Waals surface area contributed by atoms with Crippen LogP contribution in [0.2, 0.25) is 0 Å². The Morgan fingerprint density at radius 3 is 0.803 bits per heavy atom. The van der Waals surface area contributed by atoms with Crippen LogP contribution in [-0.2, 0) is 28.6 Å². The first kappa shape index (κ1) is 59.4. The van der Waals surface area contributed by atoms with Gasteiger partial charge in [0, 0.05) is 19.3 Å². The molecule has 0 bridgehead atoms. The Morgan fingerprint density at radius 2 is 0.541 bits per heavy atom. The van der Waals surface area contributed by atoms with Gasteiger partial charge in [0.05, 0.1) is 0 Å². The molecule has 6 nitrogen and oxygen atoms in total. The van der Waals surface area contributed by atoms with Crippen LogP contribution in [-0.4, -0.2) is 37.2 Å². The Balaban J connectivity index is 4.21. The molecule has 6 heteroatoms. The van der Waals surface area contributed by atoms with E-state index in [1.54, 1.807) is 0 Å². The van der Waals surface area contributed by atoms with Crippen LogP contribution >= 0.6 is 0 Å².